The first-order valence-electron chi connectivity index (χ1n) is 8.13. The molecule has 26 heavy (non-hydrogen) atoms. The Morgan fingerprint density at radius 3 is 2.46 bits per heavy atom. The normalized spacial score (nSPS) is 15.2. The van der Waals surface area contributed by atoms with E-state index in [0.717, 1.165) is 12.1 Å². The van der Waals surface area contributed by atoms with Crippen LogP contribution in [0.3, 0.4) is 0 Å². The SMILES string of the molecule is CC1(C)Oc2ccccc2N(CCC(=O)Nc2c(F)cccc2F)C1=O. The van der Waals surface area contributed by atoms with Crippen LogP contribution in [0.1, 0.15) is 20.3 Å². The molecule has 3 rings (SSSR count). The molecule has 2 amide bonds. The Morgan fingerprint density at radius 1 is 1.12 bits per heavy atom. The van der Waals surface area contributed by atoms with E-state index in [0.29, 0.717) is 11.4 Å². The highest BCUT2D eigenvalue weighted by molar-refractivity contribution is 6.03. The zero-order valence-electron chi connectivity index (χ0n) is 14.4. The van der Waals surface area contributed by atoms with E-state index in [1.807, 2.05) is 0 Å². The molecule has 0 fully saturated rings. The Morgan fingerprint density at radius 2 is 1.77 bits per heavy atom. The Kier molecular flexibility index (Phi) is 4.63. The predicted octanol–water partition coefficient (Wildman–Crippen LogP) is 3.50. The molecule has 1 N–H and O–H groups in total. The molecule has 5 nitrogen and oxygen atoms in total. The van der Waals surface area contributed by atoms with Crippen LogP contribution in [0, 0.1) is 11.6 Å². The second-order valence-corrected chi connectivity index (χ2v) is 6.43. The van der Waals surface area contributed by atoms with Gasteiger partial charge >= 0.3 is 0 Å². The predicted molar refractivity (Wildman–Crippen MR) is 93.1 cm³/mol. The average molecular weight is 360 g/mol. The van der Waals surface area contributed by atoms with Gasteiger partial charge in [0.15, 0.2) is 5.60 Å². The van der Waals surface area contributed by atoms with Crippen molar-refractivity contribution in [3.63, 3.8) is 0 Å². The lowest BCUT2D eigenvalue weighted by Gasteiger charge is -2.38. The number of carbonyl (C=O) groups excluding carboxylic acids is 2. The number of rotatable bonds is 4. The van der Waals surface area contributed by atoms with Crippen molar-refractivity contribution >= 4 is 23.2 Å². The lowest BCUT2D eigenvalue weighted by Crippen LogP contribution is -2.53. The van der Waals surface area contributed by atoms with E-state index in [-0.39, 0.29) is 18.9 Å². The average Bonchev–Trinajstić information content (AvgIpc) is 2.58. The Bertz CT molecular complexity index is 847. The fourth-order valence-electron chi connectivity index (χ4n) is 2.77. The summed E-state index contributed by atoms with van der Waals surface area (Å²) in [6, 6.07) is 10.3. The van der Waals surface area contributed by atoms with Crippen LogP contribution in [0.4, 0.5) is 20.2 Å². The van der Waals surface area contributed by atoms with Crippen molar-refractivity contribution in [2.75, 3.05) is 16.8 Å². The van der Waals surface area contributed by atoms with Crippen LogP contribution in [-0.2, 0) is 9.59 Å². The summed E-state index contributed by atoms with van der Waals surface area (Å²) in [5, 5.41) is 2.22. The summed E-state index contributed by atoms with van der Waals surface area (Å²) in [5.74, 6) is -2.05. The summed E-state index contributed by atoms with van der Waals surface area (Å²) in [4.78, 5) is 26.2. The number of hydrogen-bond donors (Lipinski definition) is 1. The number of anilines is 2. The summed E-state index contributed by atoms with van der Waals surface area (Å²) in [5.41, 5.74) is -1.00. The summed E-state index contributed by atoms with van der Waals surface area (Å²) >= 11 is 0. The van der Waals surface area contributed by atoms with Crippen LogP contribution in [0.25, 0.3) is 0 Å². The van der Waals surface area contributed by atoms with Crippen molar-refractivity contribution < 1.29 is 23.1 Å². The minimum atomic E-state index is -1.07. The number of nitrogens with zero attached hydrogens (tertiary/aromatic N) is 1. The van der Waals surface area contributed by atoms with Crippen molar-refractivity contribution in [2.24, 2.45) is 0 Å². The van der Waals surface area contributed by atoms with Gasteiger partial charge < -0.3 is 15.0 Å². The lowest BCUT2D eigenvalue weighted by atomic mass is 10.0. The maximum Gasteiger partial charge on any atom is 0.270 e. The first-order valence-corrected chi connectivity index (χ1v) is 8.13. The van der Waals surface area contributed by atoms with Gasteiger partial charge in [0.1, 0.15) is 23.1 Å². The summed E-state index contributed by atoms with van der Waals surface area (Å²) in [7, 11) is 0. The van der Waals surface area contributed by atoms with Crippen molar-refractivity contribution in [3.05, 3.63) is 54.1 Å². The van der Waals surface area contributed by atoms with E-state index in [1.165, 1.54) is 11.0 Å². The van der Waals surface area contributed by atoms with Gasteiger partial charge in [0, 0.05) is 13.0 Å². The van der Waals surface area contributed by atoms with Crippen molar-refractivity contribution in [3.8, 4) is 5.75 Å². The molecule has 0 aliphatic carbocycles. The van der Waals surface area contributed by atoms with Gasteiger partial charge in [-0.1, -0.05) is 18.2 Å². The molecule has 0 unspecified atom stereocenters. The van der Waals surface area contributed by atoms with Gasteiger partial charge in [-0.3, -0.25) is 9.59 Å². The number of fused-ring (bicyclic) bond motifs is 1. The van der Waals surface area contributed by atoms with Gasteiger partial charge in [-0.2, -0.15) is 0 Å². The molecule has 0 aromatic heterocycles. The molecule has 1 heterocycles. The maximum atomic E-state index is 13.6. The number of halogens is 2. The fourth-order valence-corrected chi connectivity index (χ4v) is 2.77. The molecule has 0 radical (unpaired) electrons. The number of amides is 2. The lowest BCUT2D eigenvalue weighted by molar-refractivity contribution is -0.132. The monoisotopic (exact) mass is 360 g/mol. The molecule has 2 aromatic carbocycles. The van der Waals surface area contributed by atoms with Crippen molar-refractivity contribution in [2.45, 2.75) is 25.9 Å². The molecule has 0 atom stereocenters. The number of ether oxygens (including phenoxy) is 1. The standard InChI is InChI=1S/C19H18F2N2O3/c1-19(2)18(25)23(14-8-3-4-9-15(14)26-19)11-10-16(24)22-17-12(20)6-5-7-13(17)21/h3-9H,10-11H2,1-2H3,(H,22,24). The van der Waals surface area contributed by atoms with Crippen LogP contribution in [0.2, 0.25) is 0 Å². The quantitative estimate of drug-likeness (QED) is 0.908. The van der Waals surface area contributed by atoms with E-state index < -0.39 is 28.8 Å². The van der Waals surface area contributed by atoms with Crippen LogP contribution in [-0.4, -0.2) is 24.0 Å². The first kappa shape index (κ1) is 17.8. The van der Waals surface area contributed by atoms with Gasteiger partial charge in [0.05, 0.1) is 5.69 Å². The minimum Gasteiger partial charge on any atom is -0.476 e. The third kappa shape index (κ3) is 3.37. The van der Waals surface area contributed by atoms with Crippen LogP contribution in [0.15, 0.2) is 42.5 Å². The molecular weight excluding hydrogens is 342 g/mol. The van der Waals surface area contributed by atoms with Crippen LogP contribution in [0.5, 0.6) is 5.75 Å². The molecule has 7 heteroatoms. The topological polar surface area (TPSA) is 58.6 Å². The molecule has 0 saturated carbocycles. The number of hydrogen-bond acceptors (Lipinski definition) is 3. The van der Waals surface area contributed by atoms with E-state index in [9.17, 15) is 18.4 Å². The molecule has 0 bridgehead atoms. The number of benzene rings is 2. The van der Waals surface area contributed by atoms with Gasteiger partial charge in [-0.15, -0.1) is 0 Å². The first-order chi connectivity index (χ1) is 12.3. The van der Waals surface area contributed by atoms with E-state index in [4.69, 9.17) is 4.74 Å². The van der Waals surface area contributed by atoms with Crippen molar-refractivity contribution in [1.29, 1.82) is 0 Å². The van der Waals surface area contributed by atoms with E-state index in [1.54, 1.807) is 38.1 Å². The van der Waals surface area contributed by atoms with Crippen LogP contribution >= 0.6 is 0 Å². The maximum absolute atomic E-state index is 13.6. The molecule has 1 aliphatic rings. The van der Waals surface area contributed by atoms with Gasteiger partial charge in [0.2, 0.25) is 5.91 Å². The fraction of sp³-hybridized carbons (Fsp3) is 0.263. The molecule has 136 valence electrons. The highest BCUT2D eigenvalue weighted by Gasteiger charge is 2.40. The number of para-hydroxylation sites is 3. The van der Waals surface area contributed by atoms with Gasteiger partial charge in [-0.05, 0) is 38.1 Å². The molecular formula is C19H18F2N2O3. The molecule has 0 spiro atoms. The summed E-state index contributed by atoms with van der Waals surface area (Å²) in [6.45, 7) is 3.35. The van der Waals surface area contributed by atoms with E-state index in [2.05, 4.69) is 5.32 Å². The Balaban J connectivity index is 1.74. The zero-order chi connectivity index (χ0) is 18.9. The van der Waals surface area contributed by atoms with E-state index >= 15 is 0 Å². The largest absolute Gasteiger partial charge is 0.476 e. The van der Waals surface area contributed by atoms with Crippen LogP contribution < -0.4 is 15.0 Å². The summed E-state index contributed by atoms with van der Waals surface area (Å²) in [6.07, 6.45) is -0.121. The Labute approximate surface area is 149 Å². The van der Waals surface area contributed by atoms with Gasteiger partial charge in [0.25, 0.3) is 5.91 Å². The Hall–Kier alpha value is -2.96. The third-order valence-corrected chi connectivity index (χ3v) is 4.07. The second kappa shape index (κ2) is 6.74. The third-order valence-electron chi connectivity index (χ3n) is 4.07. The molecule has 0 saturated heterocycles. The smallest absolute Gasteiger partial charge is 0.270 e. The molecule has 1 aliphatic heterocycles. The van der Waals surface area contributed by atoms with Crippen molar-refractivity contribution in [1.82, 2.24) is 0 Å². The number of carbonyl (C=O) groups is 2. The highest BCUT2D eigenvalue weighted by Crippen LogP contribution is 2.37. The highest BCUT2D eigenvalue weighted by atomic mass is 19.1. The minimum absolute atomic E-state index is 0.0601. The van der Waals surface area contributed by atoms with Gasteiger partial charge in [-0.25, -0.2) is 8.78 Å². The zero-order valence-corrected chi connectivity index (χ0v) is 14.4. The molecule has 2 aromatic rings. The second-order valence-electron chi connectivity index (χ2n) is 6.43. The summed E-state index contributed by atoms with van der Waals surface area (Å²) < 4.78 is 33.0. The number of nitrogens with one attached hydrogen (secondary N) is 1.